The lowest BCUT2D eigenvalue weighted by Crippen LogP contribution is -2.43. The van der Waals surface area contributed by atoms with Crippen molar-refractivity contribution in [1.82, 2.24) is 5.48 Å². The molecule has 11 heavy (non-hydrogen) atoms. The summed E-state index contributed by atoms with van der Waals surface area (Å²) in [4.78, 5) is 5.04. The van der Waals surface area contributed by atoms with Gasteiger partial charge in [-0.25, -0.2) is 4.84 Å². The van der Waals surface area contributed by atoms with E-state index in [9.17, 15) is 0 Å². The Bertz CT molecular complexity index is 143. The molecule has 0 saturated carbocycles. The topological polar surface area (TPSA) is 69.7 Å². The summed E-state index contributed by atoms with van der Waals surface area (Å²) in [5, 5.41) is 0. The average molecular weight is 160 g/mol. The molecule has 0 aromatic rings. The molecule has 0 aliphatic carbocycles. The summed E-state index contributed by atoms with van der Waals surface area (Å²) >= 11 is 0. The molecule has 1 heterocycles. The summed E-state index contributed by atoms with van der Waals surface area (Å²) < 4.78 is 5.38. The fourth-order valence-corrected chi connectivity index (χ4v) is 0.915. The minimum absolute atomic E-state index is 0.178. The van der Waals surface area contributed by atoms with Gasteiger partial charge in [-0.05, 0) is 6.92 Å². The molecule has 1 aliphatic rings. The van der Waals surface area contributed by atoms with Crippen LogP contribution >= 0.6 is 0 Å². The van der Waals surface area contributed by atoms with Gasteiger partial charge >= 0.3 is 0 Å². The maximum Gasteiger partial charge on any atom is 0.273 e. The second kappa shape index (κ2) is 2.71. The molecule has 1 saturated heterocycles. The van der Waals surface area contributed by atoms with Crippen molar-refractivity contribution in [3.63, 3.8) is 0 Å². The highest BCUT2D eigenvalue weighted by Gasteiger charge is 2.58. The van der Waals surface area contributed by atoms with Crippen LogP contribution in [0.15, 0.2) is 0 Å². The lowest BCUT2D eigenvalue weighted by molar-refractivity contribution is -0.111. The molecular weight excluding hydrogens is 144 g/mol. The van der Waals surface area contributed by atoms with Gasteiger partial charge in [-0.2, -0.15) is 0 Å². The SMILES string of the molecule is CCOC1(C(C)(C)CN)NO1. The third kappa shape index (κ3) is 1.39. The molecule has 0 spiro atoms. The largest absolute Gasteiger partial charge is 0.335 e. The minimum atomic E-state index is -0.628. The van der Waals surface area contributed by atoms with E-state index >= 15 is 0 Å². The van der Waals surface area contributed by atoms with Crippen LogP contribution in [0.4, 0.5) is 0 Å². The summed E-state index contributed by atoms with van der Waals surface area (Å²) in [6.07, 6.45) is 0. The Labute approximate surface area is 67.0 Å². The molecule has 1 fully saturated rings. The molecule has 4 nitrogen and oxygen atoms in total. The predicted octanol–water partition coefficient (Wildman–Crippen LogP) is 0.196. The molecule has 4 heteroatoms. The molecule has 3 N–H and O–H groups in total. The van der Waals surface area contributed by atoms with Crippen molar-refractivity contribution in [2.45, 2.75) is 26.7 Å². The minimum Gasteiger partial charge on any atom is -0.335 e. The number of hydrogen-bond donors (Lipinski definition) is 2. The van der Waals surface area contributed by atoms with E-state index in [1.807, 2.05) is 20.8 Å². The maximum atomic E-state index is 5.56. The van der Waals surface area contributed by atoms with Gasteiger partial charge in [0.2, 0.25) is 0 Å². The Balaban J connectivity index is 2.56. The van der Waals surface area contributed by atoms with Gasteiger partial charge in [-0.15, -0.1) is 5.48 Å². The normalized spacial score (nSPS) is 30.5. The van der Waals surface area contributed by atoms with Crippen LogP contribution in [-0.4, -0.2) is 19.1 Å². The summed E-state index contributed by atoms with van der Waals surface area (Å²) in [5.41, 5.74) is 8.12. The van der Waals surface area contributed by atoms with Crippen molar-refractivity contribution < 1.29 is 9.57 Å². The van der Waals surface area contributed by atoms with E-state index in [0.29, 0.717) is 13.2 Å². The molecule has 0 aromatic heterocycles. The first-order chi connectivity index (χ1) is 5.08. The lowest BCUT2D eigenvalue weighted by Gasteiger charge is -2.27. The number of hydrogen-bond acceptors (Lipinski definition) is 4. The van der Waals surface area contributed by atoms with Gasteiger partial charge in [-0.1, -0.05) is 13.8 Å². The van der Waals surface area contributed by atoms with Crippen molar-refractivity contribution in [3.8, 4) is 0 Å². The van der Waals surface area contributed by atoms with Crippen LogP contribution in [0.25, 0.3) is 0 Å². The smallest absolute Gasteiger partial charge is 0.273 e. The van der Waals surface area contributed by atoms with Crippen LogP contribution in [0.2, 0.25) is 0 Å². The van der Waals surface area contributed by atoms with Gasteiger partial charge < -0.3 is 10.5 Å². The molecule has 0 radical (unpaired) electrons. The Morgan fingerprint density at radius 3 is 2.45 bits per heavy atom. The Kier molecular flexibility index (Phi) is 2.20. The van der Waals surface area contributed by atoms with Crippen molar-refractivity contribution in [2.24, 2.45) is 11.1 Å². The molecule has 0 aromatic carbocycles. The van der Waals surface area contributed by atoms with Gasteiger partial charge in [0.25, 0.3) is 5.91 Å². The Morgan fingerprint density at radius 1 is 1.64 bits per heavy atom. The maximum absolute atomic E-state index is 5.56. The molecule has 1 aliphatic heterocycles. The lowest BCUT2D eigenvalue weighted by atomic mass is 9.90. The fourth-order valence-electron chi connectivity index (χ4n) is 0.915. The van der Waals surface area contributed by atoms with Crippen LogP contribution < -0.4 is 11.2 Å². The second-order valence-electron chi connectivity index (χ2n) is 3.34. The van der Waals surface area contributed by atoms with E-state index in [0.717, 1.165) is 0 Å². The Hall–Kier alpha value is -0.160. The summed E-state index contributed by atoms with van der Waals surface area (Å²) in [5.74, 6) is -0.628. The summed E-state index contributed by atoms with van der Waals surface area (Å²) in [7, 11) is 0. The van der Waals surface area contributed by atoms with Crippen LogP contribution in [0.3, 0.4) is 0 Å². The van der Waals surface area contributed by atoms with Crippen molar-refractivity contribution in [2.75, 3.05) is 13.2 Å². The summed E-state index contributed by atoms with van der Waals surface area (Å²) in [6, 6.07) is 0. The number of ether oxygens (including phenoxy) is 1. The van der Waals surface area contributed by atoms with Gasteiger partial charge in [-0.3, -0.25) is 0 Å². The zero-order chi connectivity index (χ0) is 8.54. The first kappa shape index (κ1) is 8.93. The van der Waals surface area contributed by atoms with E-state index in [1.165, 1.54) is 0 Å². The molecular formula is C7H16N2O2. The standard InChI is InChI=1S/C7H16N2O2/c1-4-10-7(9-11-7)6(2,3)5-8/h9H,4-5,8H2,1-3H3. The van der Waals surface area contributed by atoms with Crippen LogP contribution in [0.1, 0.15) is 20.8 Å². The van der Waals surface area contributed by atoms with Gasteiger partial charge in [0, 0.05) is 18.6 Å². The highest BCUT2D eigenvalue weighted by molar-refractivity contribution is 4.90. The van der Waals surface area contributed by atoms with Crippen molar-refractivity contribution in [1.29, 1.82) is 0 Å². The van der Waals surface area contributed by atoms with Crippen LogP contribution in [0, 0.1) is 5.41 Å². The molecule has 1 rings (SSSR count). The van der Waals surface area contributed by atoms with Crippen LogP contribution in [-0.2, 0) is 9.57 Å². The first-order valence-corrected chi connectivity index (χ1v) is 3.87. The molecule has 66 valence electrons. The Morgan fingerprint density at radius 2 is 2.18 bits per heavy atom. The van der Waals surface area contributed by atoms with Crippen molar-refractivity contribution >= 4 is 0 Å². The highest BCUT2D eigenvalue weighted by atomic mass is 16.9. The number of nitrogens with two attached hydrogens (primary N) is 1. The average Bonchev–Trinajstić information content (AvgIpc) is 2.70. The number of rotatable bonds is 4. The van der Waals surface area contributed by atoms with E-state index in [2.05, 4.69) is 5.48 Å². The van der Waals surface area contributed by atoms with Gasteiger partial charge in [0.05, 0.1) is 0 Å². The predicted molar refractivity (Wildman–Crippen MR) is 41.4 cm³/mol. The van der Waals surface area contributed by atoms with Crippen molar-refractivity contribution in [3.05, 3.63) is 0 Å². The summed E-state index contributed by atoms with van der Waals surface area (Å²) in [6.45, 7) is 7.08. The zero-order valence-electron chi connectivity index (χ0n) is 7.31. The zero-order valence-corrected chi connectivity index (χ0v) is 7.31. The highest BCUT2D eigenvalue weighted by Crippen LogP contribution is 2.39. The number of nitrogens with one attached hydrogen (secondary N) is 1. The molecule has 1 atom stereocenters. The van der Waals surface area contributed by atoms with Gasteiger partial charge in [0.15, 0.2) is 0 Å². The number of hydroxylamine groups is 1. The molecule has 0 amide bonds. The third-order valence-electron chi connectivity index (χ3n) is 2.04. The van der Waals surface area contributed by atoms with E-state index < -0.39 is 5.91 Å². The third-order valence-corrected chi connectivity index (χ3v) is 2.04. The second-order valence-corrected chi connectivity index (χ2v) is 3.34. The molecule has 1 unspecified atom stereocenters. The fraction of sp³-hybridized carbons (Fsp3) is 1.00. The first-order valence-electron chi connectivity index (χ1n) is 3.87. The van der Waals surface area contributed by atoms with Crippen LogP contribution in [0.5, 0.6) is 0 Å². The molecule has 0 bridgehead atoms. The van der Waals surface area contributed by atoms with Gasteiger partial charge in [0.1, 0.15) is 0 Å². The quantitative estimate of drug-likeness (QED) is 0.576. The van der Waals surface area contributed by atoms with E-state index in [1.54, 1.807) is 0 Å². The van der Waals surface area contributed by atoms with E-state index in [-0.39, 0.29) is 5.41 Å². The van der Waals surface area contributed by atoms with E-state index in [4.69, 9.17) is 15.3 Å². The monoisotopic (exact) mass is 160 g/mol.